The van der Waals surface area contributed by atoms with Crippen molar-refractivity contribution >= 4 is 17.8 Å². The number of rotatable bonds is 8. The smallest absolute Gasteiger partial charge is 0.325 e. The van der Waals surface area contributed by atoms with Gasteiger partial charge in [0, 0.05) is 11.6 Å². The molecular formula is C20H30N2O4. The summed E-state index contributed by atoms with van der Waals surface area (Å²) < 4.78 is 4.87. The van der Waals surface area contributed by atoms with Gasteiger partial charge in [-0.05, 0) is 36.5 Å². The molecule has 0 saturated carbocycles. The molecule has 0 spiro atoms. The van der Waals surface area contributed by atoms with E-state index in [0.717, 1.165) is 18.4 Å². The lowest BCUT2D eigenvalue weighted by Crippen LogP contribution is -2.37. The van der Waals surface area contributed by atoms with Gasteiger partial charge >= 0.3 is 5.97 Å². The summed E-state index contributed by atoms with van der Waals surface area (Å²) in [6.45, 7) is 9.59. The van der Waals surface area contributed by atoms with Gasteiger partial charge in [0.2, 0.25) is 0 Å². The van der Waals surface area contributed by atoms with Crippen LogP contribution < -0.4 is 10.6 Å². The summed E-state index contributed by atoms with van der Waals surface area (Å²) in [7, 11) is 0. The van der Waals surface area contributed by atoms with Crippen molar-refractivity contribution in [2.24, 2.45) is 0 Å². The summed E-state index contributed by atoms with van der Waals surface area (Å²) in [4.78, 5) is 35.4. The van der Waals surface area contributed by atoms with E-state index in [-0.39, 0.29) is 36.4 Å². The molecule has 0 aliphatic heterocycles. The number of hydrogen-bond acceptors (Lipinski definition) is 4. The van der Waals surface area contributed by atoms with E-state index >= 15 is 0 Å². The summed E-state index contributed by atoms with van der Waals surface area (Å²) in [5, 5.41) is 5.24. The Hall–Kier alpha value is -2.37. The predicted octanol–water partition coefficient (Wildman–Crippen LogP) is 2.56. The van der Waals surface area contributed by atoms with Crippen molar-refractivity contribution in [3.05, 3.63) is 35.4 Å². The molecule has 6 nitrogen and oxygen atoms in total. The number of amides is 2. The van der Waals surface area contributed by atoms with Crippen LogP contribution in [0.1, 0.15) is 63.4 Å². The number of esters is 1. The van der Waals surface area contributed by atoms with Gasteiger partial charge in [0.05, 0.1) is 0 Å². The number of hydrogen-bond donors (Lipinski definition) is 2. The molecule has 0 saturated heterocycles. The normalized spacial score (nSPS) is 12.2. The van der Waals surface area contributed by atoms with Gasteiger partial charge < -0.3 is 15.4 Å². The summed E-state index contributed by atoms with van der Waals surface area (Å²) in [5.74, 6) is -1.35. The van der Waals surface area contributed by atoms with E-state index < -0.39 is 5.97 Å². The van der Waals surface area contributed by atoms with E-state index in [1.54, 1.807) is 12.1 Å². The molecule has 0 aliphatic carbocycles. The maximum atomic E-state index is 12.1. The van der Waals surface area contributed by atoms with Gasteiger partial charge in [0.15, 0.2) is 6.61 Å². The molecule has 26 heavy (non-hydrogen) atoms. The van der Waals surface area contributed by atoms with Crippen LogP contribution in [-0.2, 0) is 19.7 Å². The molecule has 144 valence electrons. The SMILES string of the molecule is CCCC(C)NC(=O)COC(=O)CNC(=O)c1ccc(C(C)(C)C)cc1. The minimum Gasteiger partial charge on any atom is -0.454 e. The first-order chi connectivity index (χ1) is 12.1. The second kappa shape index (κ2) is 9.94. The summed E-state index contributed by atoms with van der Waals surface area (Å²) in [6, 6.07) is 7.29. The zero-order valence-corrected chi connectivity index (χ0v) is 16.3. The van der Waals surface area contributed by atoms with Crippen LogP contribution in [0.15, 0.2) is 24.3 Å². The van der Waals surface area contributed by atoms with Crippen LogP contribution in [-0.4, -0.2) is 37.0 Å². The highest BCUT2D eigenvalue weighted by molar-refractivity contribution is 5.96. The third-order valence-electron chi connectivity index (χ3n) is 3.90. The van der Waals surface area contributed by atoms with E-state index in [4.69, 9.17) is 4.74 Å². The third kappa shape index (κ3) is 7.68. The number of ether oxygens (including phenoxy) is 1. The van der Waals surface area contributed by atoms with Gasteiger partial charge in [-0.25, -0.2) is 0 Å². The van der Waals surface area contributed by atoms with Gasteiger partial charge in [0.1, 0.15) is 6.54 Å². The molecule has 0 heterocycles. The van der Waals surface area contributed by atoms with Gasteiger partial charge in [-0.15, -0.1) is 0 Å². The summed E-state index contributed by atoms with van der Waals surface area (Å²) in [6.07, 6.45) is 1.83. The Morgan fingerprint density at radius 3 is 2.27 bits per heavy atom. The standard InChI is InChI=1S/C20H30N2O4/c1-6-7-14(2)22-17(23)13-26-18(24)12-21-19(25)15-8-10-16(11-9-15)20(3,4)5/h8-11,14H,6-7,12-13H2,1-5H3,(H,21,25)(H,22,23). The minimum absolute atomic E-state index is 0.00795. The average molecular weight is 362 g/mol. The maximum Gasteiger partial charge on any atom is 0.325 e. The predicted molar refractivity (Wildman–Crippen MR) is 101 cm³/mol. The van der Waals surface area contributed by atoms with Gasteiger partial charge in [-0.3, -0.25) is 14.4 Å². The molecule has 1 atom stereocenters. The second-order valence-electron chi connectivity index (χ2n) is 7.43. The Balaban J connectivity index is 2.38. The van der Waals surface area contributed by atoms with E-state index in [0.29, 0.717) is 5.56 Å². The molecule has 1 rings (SSSR count). The monoisotopic (exact) mass is 362 g/mol. The van der Waals surface area contributed by atoms with Crippen LogP contribution in [0.4, 0.5) is 0 Å². The molecule has 0 radical (unpaired) electrons. The number of carbonyl (C=O) groups is 3. The average Bonchev–Trinajstić information content (AvgIpc) is 2.57. The fraction of sp³-hybridized carbons (Fsp3) is 0.550. The number of benzene rings is 1. The van der Waals surface area contributed by atoms with Crippen molar-refractivity contribution < 1.29 is 19.1 Å². The Morgan fingerprint density at radius 1 is 1.12 bits per heavy atom. The lowest BCUT2D eigenvalue weighted by Gasteiger charge is -2.19. The largest absolute Gasteiger partial charge is 0.454 e. The van der Waals surface area contributed by atoms with Crippen molar-refractivity contribution in [3.63, 3.8) is 0 Å². The Bertz CT molecular complexity index is 618. The zero-order chi connectivity index (χ0) is 19.7. The molecule has 0 aliphatic rings. The highest BCUT2D eigenvalue weighted by Gasteiger charge is 2.15. The molecule has 2 amide bonds. The number of nitrogens with one attached hydrogen (secondary N) is 2. The quantitative estimate of drug-likeness (QED) is 0.696. The van der Waals surface area contributed by atoms with E-state index in [1.807, 2.05) is 26.0 Å². The van der Waals surface area contributed by atoms with Crippen LogP contribution in [0, 0.1) is 0 Å². The van der Waals surface area contributed by atoms with Gasteiger partial charge in [-0.1, -0.05) is 46.2 Å². The molecule has 2 N–H and O–H groups in total. The fourth-order valence-electron chi connectivity index (χ4n) is 2.39. The molecule has 1 aromatic carbocycles. The third-order valence-corrected chi connectivity index (χ3v) is 3.90. The lowest BCUT2D eigenvalue weighted by molar-refractivity contribution is -0.147. The first kappa shape index (κ1) is 21.7. The Labute approximate surface area is 155 Å². The number of carbonyl (C=O) groups excluding carboxylic acids is 3. The molecule has 0 fully saturated rings. The fourth-order valence-corrected chi connectivity index (χ4v) is 2.39. The molecule has 0 bridgehead atoms. The summed E-state index contributed by atoms with van der Waals surface area (Å²) >= 11 is 0. The summed E-state index contributed by atoms with van der Waals surface area (Å²) in [5.41, 5.74) is 1.60. The van der Waals surface area contributed by atoms with Crippen LogP contribution >= 0.6 is 0 Å². The molecular weight excluding hydrogens is 332 g/mol. The topological polar surface area (TPSA) is 84.5 Å². The lowest BCUT2D eigenvalue weighted by atomic mass is 9.87. The highest BCUT2D eigenvalue weighted by Crippen LogP contribution is 2.22. The molecule has 1 aromatic rings. The van der Waals surface area contributed by atoms with Crippen molar-refractivity contribution in [2.45, 2.75) is 58.9 Å². The Morgan fingerprint density at radius 2 is 1.73 bits per heavy atom. The zero-order valence-electron chi connectivity index (χ0n) is 16.3. The van der Waals surface area contributed by atoms with Crippen LogP contribution in [0.5, 0.6) is 0 Å². The maximum absolute atomic E-state index is 12.1. The van der Waals surface area contributed by atoms with Gasteiger partial charge in [0.25, 0.3) is 11.8 Å². The first-order valence-corrected chi connectivity index (χ1v) is 8.97. The highest BCUT2D eigenvalue weighted by atomic mass is 16.5. The van der Waals surface area contributed by atoms with Gasteiger partial charge in [-0.2, -0.15) is 0 Å². The van der Waals surface area contributed by atoms with E-state index in [1.165, 1.54) is 0 Å². The Kier molecular flexibility index (Phi) is 8.29. The van der Waals surface area contributed by atoms with E-state index in [2.05, 4.69) is 31.4 Å². The van der Waals surface area contributed by atoms with E-state index in [9.17, 15) is 14.4 Å². The molecule has 6 heteroatoms. The van der Waals surface area contributed by atoms with Crippen molar-refractivity contribution in [1.29, 1.82) is 0 Å². The van der Waals surface area contributed by atoms with Crippen LogP contribution in [0.2, 0.25) is 0 Å². The first-order valence-electron chi connectivity index (χ1n) is 8.97. The van der Waals surface area contributed by atoms with Crippen LogP contribution in [0.3, 0.4) is 0 Å². The molecule has 1 unspecified atom stereocenters. The van der Waals surface area contributed by atoms with Crippen LogP contribution in [0.25, 0.3) is 0 Å². The van der Waals surface area contributed by atoms with Crippen molar-refractivity contribution in [2.75, 3.05) is 13.2 Å². The van der Waals surface area contributed by atoms with Crippen molar-refractivity contribution in [3.8, 4) is 0 Å². The second-order valence-corrected chi connectivity index (χ2v) is 7.43. The minimum atomic E-state index is -0.650. The van der Waals surface area contributed by atoms with Crippen molar-refractivity contribution in [1.82, 2.24) is 10.6 Å². The molecule has 0 aromatic heterocycles.